The molecule has 0 spiro atoms. The minimum atomic E-state index is -0.781. The van der Waals surface area contributed by atoms with Crippen LogP contribution in [-0.4, -0.2) is 59.6 Å². The minimum Gasteiger partial charge on any atom is -0.492 e. The van der Waals surface area contributed by atoms with Gasteiger partial charge in [0, 0.05) is 42.1 Å². The van der Waals surface area contributed by atoms with Gasteiger partial charge in [-0.25, -0.2) is 4.39 Å². The topological polar surface area (TPSA) is 79.0 Å². The number of amides is 3. The Morgan fingerprint density at radius 3 is 2.25 bits per heavy atom. The summed E-state index contributed by atoms with van der Waals surface area (Å²) in [7, 11) is 1.89. The summed E-state index contributed by atoms with van der Waals surface area (Å²) in [5, 5.41) is 2.28. The van der Waals surface area contributed by atoms with Gasteiger partial charge in [-0.2, -0.15) is 0 Å². The second-order valence-corrected chi connectivity index (χ2v) is 12.5. The number of carbonyl (C=O) groups is 3. The van der Waals surface area contributed by atoms with Crippen molar-refractivity contribution in [3.63, 3.8) is 0 Å². The van der Waals surface area contributed by atoms with E-state index in [2.05, 4.69) is 41.7 Å². The standard InChI is InChI=1S/C39H37ClFN3O4/c1-43(24-29-14-17-32-33(37(29)41)25-44(39(32)47)34-18-19-35(45)42-38(34)46)22-23-48-30-15-12-28(13-16-30)36(27-10-6-3-7-11-27)31(20-21-40)26-8-4-2-5-9-26/h2-17,34H,18-25H2,1H3,(H,42,45,46)/b36-31-. The molecule has 0 saturated carbocycles. The van der Waals surface area contributed by atoms with Crippen molar-refractivity contribution in [2.45, 2.75) is 38.4 Å². The summed E-state index contributed by atoms with van der Waals surface area (Å²) in [6.45, 7) is 1.26. The highest BCUT2D eigenvalue weighted by Crippen LogP contribution is 2.35. The minimum absolute atomic E-state index is 0.00281. The van der Waals surface area contributed by atoms with E-state index in [9.17, 15) is 14.4 Å². The number of fused-ring (bicyclic) bond motifs is 1. The number of imide groups is 1. The first-order chi connectivity index (χ1) is 23.3. The second kappa shape index (κ2) is 15.0. The average Bonchev–Trinajstić information content (AvgIpc) is 3.43. The lowest BCUT2D eigenvalue weighted by Gasteiger charge is -2.29. The van der Waals surface area contributed by atoms with Gasteiger partial charge in [-0.1, -0.05) is 78.9 Å². The van der Waals surface area contributed by atoms with E-state index in [0.717, 1.165) is 34.4 Å². The molecule has 1 unspecified atom stereocenters. The van der Waals surface area contributed by atoms with Gasteiger partial charge in [0.25, 0.3) is 5.91 Å². The van der Waals surface area contributed by atoms with E-state index >= 15 is 4.39 Å². The molecule has 0 radical (unpaired) electrons. The Labute approximate surface area is 285 Å². The smallest absolute Gasteiger partial charge is 0.255 e. The maximum absolute atomic E-state index is 15.6. The summed E-state index contributed by atoms with van der Waals surface area (Å²) in [5.41, 5.74) is 6.64. The lowest BCUT2D eigenvalue weighted by Crippen LogP contribution is -2.52. The molecule has 0 aliphatic carbocycles. The largest absolute Gasteiger partial charge is 0.492 e. The number of nitrogens with zero attached hydrogens (tertiary/aromatic N) is 2. The highest BCUT2D eigenvalue weighted by atomic mass is 35.5. The van der Waals surface area contributed by atoms with E-state index in [1.165, 1.54) is 10.5 Å². The van der Waals surface area contributed by atoms with E-state index in [4.69, 9.17) is 16.3 Å². The van der Waals surface area contributed by atoms with Crippen molar-refractivity contribution in [2.24, 2.45) is 0 Å². The molecule has 1 N–H and O–H groups in total. The van der Waals surface area contributed by atoms with E-state index in [-0.39, 0.29) is 42.3 Å². The summed E-state index contributed by atoms with van der Waals surface area (Å²) in [6, 6.07) is 31.2. The van der Waals surface area contributed by atoms with Crippen LogP contribution in [0.4, 0.5) is 4.39 Å². The van der Waals surface area contributed by atoms with Crippen LogP contribution in [0.5, 0.6) is 5.75 Å². The van der Waals surface area contributed by atoms with Crippen molar-refractivity contribution in [3.05, 3.63) is 136 Å². The molecule has 0 aromatic heterocycles. The van der Waals surface area contributed by atoms with Gasteiger partial charge in [0.15, 0.2) is 0 Å². The van der Waals surface area contributed by atoms with Gasteiger partial charge in [0.05, 0.1) is 6.54 Å². The predicted molar refractivity (Wildman–Crippen MR) is 185 cm³/mol. The van der Waals surface area contributed by atoms with Gasteiger partial charge < -0.3 is 9.64 Å². The monoisotopic (exact) mass is 665 g/mol. The molecule has 1 saturated heterocycles. The van der Waals surface area contributed by atoms with Crippen molar-refractivity contribution < 1.29 is 23.5 Å². The van der Waals surface area contributed by atoms with Crippen molar-refractivity contribution in [2.75, 3.05) is 26.1 Å². The Hall–Kier alpha value is -4.79. The molecule has 246 valence electrons. The van der Waals surface area contributed by atoms with Crippen LogP contribution in [0.3, 0.4) is 0 Å². The number of alkyl halides is 1. The van der Waals surface area contributed by atoms with Gasteiger partial charge in [0.1, 0.15) is 24.2 Å². The molecule has 6 rings (SSSR count). The number of likely N-dealkylation sites (N-methyl/N-ethyl adjacent to an activating group) is 1. The highest BCUT2D eigenvalue weighted by Gasteiger charge is 2.40. The van der Waals surface area contributed by atoms with Crippen LogP contribution in [0.1, 0.15) is 57.4 Å². The summed E-state index contributed by atoms with van der Waals surface area (Å²) in [4.78, 5) is 40.2. The molecule has 2 aliphatic heterocycles. The van der Waals surface area contributed by atoms with Crippen LogP contribution in [0.15, 0.2) is 97.1 Å². The number of carbonyl (C=O) groups excluding carboxylic acids is 3. The van der Waals surface area contributed by atoms with E-state index in [1.54, 1.807) is 12.1 Å². The summed E-state index contributed by atoms with van der Waals surface area (Å²) in [5.74, 6) is -0.468. The van der Waals surface area contributed by atoms with Crippen LogP contribution in [0.2, 0.25) is 0 Å². The third-order valence-corrected chi connectivity index (χ3v) is 9.07. The molecule has 2 aliphatic rings. The van der Waals surface area contributed by atoms with E-state index in [0.29, 0.717) is 31.1 Å². The van der Waals surface area contributed by atoms with Gasteiger partial charge >= 0.3 is 0 Å². The first-order valence-corrected chi connectivity index (χ1v) is 16.6. The van der Waals surface area contributed by atoms with E-state index in [1.807, 2.05) is 60.5 Å². The molecule has 0 bridgehead atoms. The third-order valence-electron chi connectivity index (χ3n) is 8.89. The van der Waals surface area contributed by atoms with Crippen LogP contribution in [0, 0.1) is 5.82 Å². The molecule has 1 fully saturated rings. The number of ether oxygens (including phenoxy) is 1. The first kappa shape index (κ1) is 33.1. The van der Waals surface area contributed by atoms with Gasteiger partial charge in [-0.05, 0) is 65.9 Å². The number of hydrogen-bond acceptors (Lipinski definition) is 5. The number of nitrogens with one attached hydrogen (secondary N) is 1. The molecule has 48 heavy (non-hydrogen) atoms. The Kier molecular flexibility index (Phi) is 10.3. The molecule has 4 aromatic carbocycles. The van der Waals surface area contributed by atoms with Crippen molar-refractivity contribution in [1.29, 1.82) is 0 Å². The SMILES string of the molecule is CN(CCOc1ccc(/C(=C(/CCCl)c2ccccc2)c2ccccc2)cc1)Cc1ccc2c(c1F)CN(C1CCC(=O)NC1=O)C2=O. The summed E-state index contributed by atoms with van der Waals surface area (Å²) < 4.78 is 21.7. The Bertz CT molecular complexity index is 1830. The van der Waals surface area contributed by atoms with Gasteiger partial charge in [-0.3, -0.25) is 24.6 Å². The highest BCUT2D eigenvalue weighted by molar-refractivity contribution is 6.18. The number of rotatable bonds is 12. The summed E-state index contributed by atoms with van der Waals surface area (Å²) >= 11 is 6.29. The quantitative estimate of drug-likeness (QED) is 0.104. The zero-order valence-electron chi connectivity index (χ0n) is 26.8. The average molecular weight is 666 g/mol. The molecule has 9 heteroatoms. The summed E-state index contributed by atoms with van der Waals surface area (Å²) in [6.07, 6.45) is 1.11. The first-order valence-electron chi connectivity index (χ1n) is 16.1. The maximum Gasteiger partial charge on any atom is 0.255 e. The molecule has 2 heterocycles. The lowest BCUT2D eigenvalue weighted by molar-refractivity contribution is -0.136. The number of hydrogen-bond donors (Lipinski definition) is 1. The Morgan fingerprint density at radius 1 is 0.917 bits per heavy atom. The number of halogens is 2. The van der Waals surface area contributed by atoms with Crippen molar-refractivity contribution >= 4 is 40.5 Å². The molecule has 7 nitrogen and oxygen atoms in total. The molecule has 4 aromatic rings. The fourth-order valence-corrected chi connectivity index (χ4v) is 6.64. The van der Waals surface area contributed by atoms with Gasteiger partial charge in [0.2, 0.25) is 11.8 Å². The van der Waals surface area contributed by atoms with E-state index < -0.39 is 17.8 Å². The van der Waals surface area contributed by atoms with Crippen LogP contribution >= 0.6 is 11.6 Å². The maximum atomic E-state index is 15.6. The van der Waals surface area contributed by atoms with Crippen LogP contribution in [-0.2, 0) is 22.7 Å². The normalized spacial score (nSPS) is 16.5. The molecular weight excluding hydrogens is 629 g/mol. The fraction of sp³-hybridized carbons (Fsp3) is 0.256. The predicted octanol–water partition coefficient (Wildman–Crippen LogP) is 6.69. The van der Waals surface area contributed by atoms with Crippen molar-refractivity contribution in [3.8, 4) is 5.75 Å². The van der Waals surface area contributed by atoms with Crippen molar-refractivity contribution in [1.82, 2.24) is 15.1 Å². The fourth-order valence-electron chi connectivity index (χ4n) is 6.45. The molecule has 3 amide bonds. The zero-order chi connectivity index (χ0) is 33.6. The van der Waals surface area contributed by atoms with Crippen LogP contribution in [0.25, 0.3) is 11.1 Å². The number of allylic oxidation sites excluding steroid dienone is 1. The second-order valence-electron chi connectivity index (χ2n) is 12.1. The number of piperidine rings is 1. The van der Waals surface area contributed by atoms with Gasteiger partial charge in [-0.15, -0.1) is 11.6 Å². The number of benzene rings is 4. The third kappa shape index (κ3) is 7.20. The molecule has 1 atom stereocenters. The Balaban J connectivity index is 1.10. The molecular formula is C39H37ClFN3O4. The van der Waals surface area contributed by atoms with Crippen LogP contribution < -0.4 is 10.1 Å². The zero-order valence-corrected chi connectivity index (χ0v) is 27.5. The lowest BCUT2D eigenvalue weighted by atomic mass is 9.88. The Morgan fingerprint density at radius 2 is 1.58 bits per heavy atom.